The molecule has 1 heterocycles. The molecule has 104 valence electrons. The molecule has 2 fully saturated rings. The van der Waals surface area contributed by atoms with Gasteiger partial charge in [-0.15, -0.1) is 0 Å². The van der Waals surface area contributed by atoms with Crippen LogP contribution in [0.2, 0.25) is 0 Å². The molecule has 0 bridgehead atoms. The van der Waals surface area contributed by atoms with E-state index in [0.717, 1.165) is 38.8 Å². The predicted octanol–water partition coefficient (Wildman–Crippen LogP) is 1.06. The molecule has 0 aromatic rings. The number of nitrogens with two attached hydrogens (primary N) is 1. The minimum atomic E-state index is -0.185. The molecule has 0 spiro atoms. The molecule has 1 aliphatic heterocycles. The molecule has 1 aliphatic carbocycles. The van der Waals surface area contributed by atoms with Crippen molar-refractivity contribution < 1.29 is 4.79 Å². The van der Waals surface area contributed by atoms with E-state index in [2.05, 4.69) is 11.8 Å². The first-order valence-electron chi connectivity index (χ1n) is 7.32. The molecule has 2 aliphatic rings. The van der Waals surface area contributed by atoms with Crippen molar-refractivity contribution in [2.45, 2.75) is 45.1 Å². The van der Waals surface area contributed by atoms with Gasteiger partial charge in [-0.2, -0.15) is 0 Å². The summed E-state index contributed by atoms with van der Waals surface area (Å²) in [5.41, 5.74) is 5.56. The molecule has 18 heavy (non-hydrogen) atoms. The zero-order chi connectivity index (χ0) is 13.2. The molecule has 1 saturated heterocycles. The number of piperidine rings is 1. The Labute approximate surface area is 110 Å². The summed E-state index contributed by atoms with van der Waals surface area (Å²) in [5.74, 6) is 0.291. The average Bonchev–Trinajstić information content (AvgIpc) is 3.19. The lowest BCUT2D eigenvalue weighted by molar-refractivity contribution is -0.138. The summed E-state index contributed by atoms with van der Waals surface area (Å²) in [5, 5.41) is 0. The van der Waals surface area contributed by atoms with Crippen LogP contribution in [0.1, 0.15) is 39.0 Å². The monoisotopic (exact) mass is 253 g/mol. The minimum Gasteiger partial charge on any atom is -0.342 e. The SMILES string of the molecule is CCCN1CCC(N(C)C(=O)C2(CN)CC2)CC1. The number of hydrogen-bond donors (Lipinski definition) is 1. The van der Waals surface area contributed by atoms with Crippen LogP contribution in [-0.4, -0.2) is 55.0 Å². The van der Waals surface area contributed by atoms with E-state index in [1.165, 1.54) is 13.0 Å². The Balaban J connectivity index is 1.84. The van der Waals surface area contributed by atoms with Crippen molar-refractivity contribution in [2.24, 2.45) is 11.1 Å². The van der Waals surface area contributed by atoms with Gasteiger partial charge >= 0.3 is 0 Å². The second-order valence-electron chi connectivity index (χ2n) is 5.97. The third-order valence-electron chi connectivity index (χ3n) is 4.66. The van der Waals surface area contributed by atoms with Crippen molar-refractivity contribution in [1.29, 1.82) is 0 Å². The first-order chi connectivity index (χ1) is 8.63. The highest BCUT2D eigenvalue weighted by Crippen LogP contribution is 2.46. The van der Waals surface area contributed by atoms with Crippen LogP contribution in [0, 0.1) is 5.41 Å². The van der Waals surface area contributed by atoms with Gasteiger partial charge in [0, 0.05) is 32.7 Å². The maximum absolute atomic E-state index is 12.4. The molecule has 4 nitrogen and oxygen atoms in total. The normalized spacial score (nSPS) is 23.9. The molecule has 0 atom stereocenters. The van der Waals surface area contributed by atoms with Crippen LogP contribution in [0.4, 0.5) is 0 Å². The van der Waals surface area contributed by atoms with Gasteiger partial charge in [-0.25, -0.2) is 0 Å². The lowest BCUT2D eigenvalue weighted by Crippen LogP contribution is -2.49. The zero-order valence-electron chi connectivity index (χ0n) is 11.8. The van der Waals surface area contributed by atoms with E-state index < -0.39 is 0 Å². The molecule has 1 saturated carbocycles. The van der Waals surface area contributed by atoms with Gasteiger partial charge in [-0.3, -0.25) is 4.79 Å². The second kappa shape index (κ2) is 5.57. The predicted molar refractivity (Wildman–Crippen MR) is 73.2 cm³/mol. The van der Waals surface area contributed by atoms with Gasteiger partial charge in [-0.1, -0.05) is 6.92 Å². The van der Waals surface area contributed by atoms with Gasteiger partial charge in [0.05, 0.1) is 5.41 Å². The summed E-state index contributed by atoms with van der Waals surface area (Å²) in [6, 6.07) is 0.426. The molecule has 2 N–H and O–H groups in total. The third kappa shape index (κ3) is 2.69. The summed E-state index contributed by atoms with van der Waals surface area (Å²) in [6.07, 6.45) is 5.42. The Morgan fingerprint density at radius 2 is 2.00 bits per heavy atom. The van der Waals surface area contributed by atoms with Crippen LogP contribution in [-0.2, 0) is 4.79 Å². The van der Waals surface area contributed by atoms with Crippen molar-refractivity contribution >= 4 is 5.91 Å². The number of hydrogen-bond acceptors (Lipinski definition) is 3. The highest BCUT2D eigenvalue weighted by molar-refractivity contribution is 5.85. The first kappa shape index (κ1) is 13.8. The summed E-state index contributed by atoms with van der Waals surface area (Å²) in [6.45, 7) is 6.19. The number of likely N-dealkylation sites (tertiary alicyclic amines) is 1. The molecule has 0 aromatic heterocycles. The summed E-state index contributed by atoms with van der Waals surface area (Å²) < 4.78 is 0. The number of carbonyl (C=O) groups excluding carboxylic acids is 1. The maximum Gasteiger partial charge on any atom is 0.230 e. The Morgan fingerprint density at radius 3 is 2.44 bits per heavy atom. The van der Waals surface area contributed by atoms with Gasteiger partial charge in [0.25, 0.3) is 0 Å². The van der Waals surface area contributed by atoms with E-state index in [4.69, 9.17) is 5.73 Å². The second-order valence-corrected chi connectivity index (χ2v) is 5.97. The van der Waals surface area contributed by atoms with Crippen LogP contribution >= 0.6 is 0 Å². The third-order valence-corrected chi connectivity index (χ3v) is 4.66. The summed E-state index contributed by atoms with van der Waals surface area (Å²) in [7, 11) is 1.97. The Hall–Kier alpha value is -0.610. The Bertz CT molecular complexity index is 293. The lowest BCUT2D eigenvalue weighted by atomic mass is 9.99. The van der Waals surface area contributed by atoms with Crippen LogP contribution in [0.15, 0.2) is 0 Å². The fraction of sp³-hybridized carbons (Fsp3) is 0.929. The fourth-order valence-electron chi connectivity index (χ4n) is 3.04. The Morgan fingerprint density at radius 1 is 1.39 bits per heavy atom. The lowest BCUT2D eigenvalue weighted by Gasteiger charge is -2.38. The van der Waals surface area contributed by atoms with Gasteiger partial charge in [-0.05, 0) is 38.6 Å². The van der Waals surface area contributed by atoms with Crippen molar-refractivity contribution in [3.63, 3.8) is 0 Å². The quantitative estimate of drug-likeness (QED) is 0.797. The largest absolute Gasteiger partial charge is 0.342 e. The summed E-state index contributed by atoms with van der Waals surface area (Å²) >= 11 is 0. The Kier molecular flexibility index (Phi) is 4.28. The van der Waals surface area contributed by atoms with Crippen molar-refractivity contribution in [3.05, 3.63) is 0 Å². The average molecular weight is 253 g/mol. The van der Waals surface area contributed by atoms with Gasteiger partial charge in [0.2, 0.25) is 5.91 Å². The van der Waals surface area contributed by atoms with Crippen molar-refractivity contribution in [1.82, 2.24) is 9.80 Å². The minimum absolute atomic E-state index is 0.185. The molecule has 0 radical (unpaired) electrons. The van der Waals surface area contributed by atoms with Crippen LogP contribution < -0.4 is 5.73 Å². The summed E-state index contributed by atoms with van der Waals surface area (Å²) in [4.78, 5) is 16.9. The topological polar surface area (TPSA) is 49.6 Å². The fourth-order valence-corrected chi connectivity index (χ4v) is 3.04. The van der Waals surface area contributed by atoms with Crippen molar-refractivity contribution in [3.8, 4) is 0 Å². The van der Waals surface area contributed by atoms with Gasteiger partial charge in [0.1, 0.15) is 0 Å². The van der Waals surface area contributed by atoms with Crippen LogP contribution in [0.5, 0.6) is 0 Å². The van der Waals surface area contributed by atoms with Crippen LogP contribution in [0.3, 0.4) is 0 Å². The standard InChI is InChI=1S/C14H27N3O/c1-3-8-17-9-4-12(5-10-17)16(2)13(18)14(11-15)6-7-14/h12H,3-11,15H2,1-2H3. The smallest absolute Gasteiger partial charge is 0.230 e. The number of nitrogens with zero attached hydrogens (tertiary/aromatic N) is 2. The zero-order valence-corrected chi connectivity index (χ0v) is 11.8. The molecular weight excluding hydrogens is 226 g/mol. The highest BCUT2D eigenvalue weighted by Gasteiger charge is 2.50. The molecule has 1 amide bonds. The molecular formula is C14H27N3O. The molecule has 0 unspecified atom stereocenters. The number of rotatable bonds is 5. The van der Waals surface area contributed by atoms with E-state index in [1.807, 2.05) is 11.9 Å². The van der Waals surface area contributed by atoms with E-state index in [0.29, 0.717) is 18.5 Å². The number of amides is 1. The first-order valence-corrected chi connectivity index (χ1v) is 7.32. The van der Waals surface area contributed by atoms with E-state index >= 15 is 0 Å². The molecule has 2 rings (SSSR count). The maximum atomic E-state index is 12.4. The highest BCUT2D eigenvalue weighted by atomic mass is 16.2. The van der Waals surface area contributed by atoms with Gasteiger partial charge < -0.3 is 15.5 Å². The van der Waals surface area contributed by atoms with Crippen molar-refractivity contribution in [2.75, 3.05) is 33.2 Å². The van der Waals surface area contributed by atoms with E-state index in [9.17, 15) is 4.79 Å². The molecule has 0 aromatic carbocycles. The number of carbonyl (C=O) groups is 1. The van der Waals surface area contributed by atoms with Gasteiger partial charge in [0.15, 0.2) is 0 Å². The molecule has 4 heteroatoms. The van der Waals surface area contributed by atoms with Crippen LogP contribution in [0.25, 0.3) is 0 Å². The van der Waals surface area contributed by atoms with E-state index in [-0.39, 0.29) is 5.41 Å². The van der Waals surface area contributed by atoms with E-state index in [1.54, 1.807) is 0 Å².